The van der Waals surface area contributed by atoms with Crippen molar-refractivity contribution in [2.24, 2.45) is 5.41 Å². The van der Waals surface area contributed by atoms with Crippen molar-refractivity contribution in [3.05, 3.63) is 46.8 Å². The van der Waals surface area contributed by atoms with Gasteiger partial charge in [0.25, 0.3) is 11.8 Å². The highest BCUT2D eigenvalue weighted by Crippen LogP contribution is 2.47. The number of rotatable bonds is 6. The molecule has 0 unspecified atom stereocenters. The molecule has 198 valence electrons. The Balaban J connectivity index is 1.17. The van der Waals surface area contributed by atoms with Crippen molar-refractivity contribution in [2.75, 3.05) is 24.5 Å². The summed E-state index contributed by atoms with van der Waals surface area (Å²) in [5, 5.41) is 3.10. The van der Waals surface area contributed by atoms with E-state index in [9.17, 15) is 27.6 Å². The Morgan fingerprint density at radius 1 is 1.22 bits per heavy atom. The van der Waals surface area contributed by atoms with E-state index in [2.05, 4.69) is 20.0 Å². The minimum absolute atomic E-state index is 0.00224. The van der Waals surface area contributed by atoms with Gasteiger partial charge in [-0.3, -0.25) is 14.4 Å². The van der Waals surface area contributed by atoms with Crippen LogP contribution in [0.4, 0.5) is 18.9 Å². The molecular formula is C24H25ClF3N5O4. The van der Waals surface area contributed by atoms with Gasteiger partial charge < -0.3 is 24.8 Å². The van der Waals surface area contributed by atoms with Crippen molar-refractivity contribution in [2.45, 2.75) is 50.9 Å². The Morgan fingerprint density at radius 2 is 1.95 bits per heavy atom. The number of carbonyl (C=O) groups excluding carboxylic acids is 3. The summed E-state index contributed by atoms with van der Waals surface area (Å²) in [6.07, 6.45) is 3.41. The molecule has 2 N–H and O–H groups in total. The maximum absolute atomic E-state index is 13.4. The SMILES string of the molecule is O=C(NC1CCC2(CC1)CCN(c1ccc(F)cc1Cl)C2=O)c1[nH]cnc1C(=O)N1CC(OC(F)F)C1. The molecule has 1 saturated carbocycles. The Labute approximate surface area is 215 Å². The third kappa shape index (κ3) is 4.91. The average molecular weight is 540 g/mol. The molecule has 2 aromatic rings. The molecule has 5 rings (SSSR count). The maximum atomic E-state index is 13.4. The minimum atomic E-state index is -2.91. The van der Waals surface area contributed by atoms with E-state index in [1.807, 2.05) is 0 Å². The first-order valence-electron chi connectivity index (χ1n) is 12.0. The zero-order chi connectivity index (χ0) is 26.3. The van der Waals surface area contributed by atoms with Crippen LogP contribution in [-0.4, -0.2) is 71.0 Å². The molecule has 2 aliphatic heterocycles. The second-order valence-electron chi connectivity index (χ2n) is 9.69. The lowest BCUT2D eigenvalue weighted by atomic mass is 9.71. The smallest absolute Gasteiger partial charge is 0.345 e. The van der Waals surface area contributed by atoms with E-state index in [4.69, 9.17) is 11.6 Å². The summed E-state index contributed by atoms with van der Waals surface area (Å²) < 4.78 is 42.4. The Hall–Kier alpha value is -3.12. The molecule has 1 aromatic carbocycles. The number of carbonyl (C=O) groups is 3. The van der Waals surface area contributed by atoms with Gasteiger partial charge in [-0.1, -0.05) is 11.6 Å². The quantitative estimate of drug-likeness (QED) is 0.585. The standard InChI is InChI=1S/C24H25ClF3N5O4/c25-16-9-13(26)1-2-17(16)33-8-7-24(22(33)36)5-3-14(4-6-24)31-20(34)18-19(30-12-29-18)21(35)32-10-15(11-32)37-23(27)28/h1-2,9,12,14-15,23H,3-8,10-11H2,(H,29,30)(H,31,34). The number of ether oxygens (including phenoxy) is 1. The number of amides is 3. The molecule has 3 fully saturated rings. The second kappa shape index (κ2) is 9.97. The minimum Gasteiger partial charge on any atom is -0.348 e. The van der Waals surface area contributed by atoms with Crippen LogP contribution in [0, 0.1) is 11.2 Å². The zero-order valence-corrected chi connectivity index (χ0v) is 20.4. The lowest BCUT2D eigenvalue weighted by Crippen LogP contribution is -2.55. The summed E-state index contributed by atoms with van der Waals surface area (Å²) in [5.74, 6) is -1.56. The van der Waals surface area contributed by atoms with E-state index in [-0.39, 0.29) is 41.4 Å². The predicted molar refractivity (Wildman–Crippen MR) is 126 cm³/mol. The molecule has 1 aromatic heterocycles. The summed E-state index contributed by atoms with van der Waals surface area (Å²) in [5.41, 5.74) is -0.149. The van der Waals surface area contributed by atoms with E-state index >= 15 is 0 Å². The van der Waals surface area contributed by atoms with Gasteiger partial charge in [0.05, 0.1) is 28.6 Å². The van der Waals surface area contributed by atoms with E-state index in [0.717, 1.165) is 0 Å². The van der Waals surface area contributed by atoms with E-state index in [1.165, 1.54) is 29.4 Å². The number of H-pyrrole nitrogens is 1. The van der Waals surface area contributed by atoms with Crippen LogP contribution >= 0.6 is 11.6 Å². The van der Waals surface area contributed by atoms with Gasteiger partial charge in [-0.25, -0.2) is 9.37 Å². The molecule has 1 aliphatic carbocycles. The lowest BCUT2D eigenvalue weighted by Gasteiger charge is -2.38. The Bertz CT molecular complexity index is 1210. The molecule has 0 radical (unpaired) electrons. The van der Waals surface area contributed by atoms with Crippen LogP contribution in [0.25, 0.3) is 0 Å². The van der Waals surface area contributed by atoms with E-state index in [0.29, 0.717) is 44.3 Å². The van der Waals surface area contributed by atoms with Crippen LogP contribution in [-0.2, 0) is 9.53 Å². The summed E-state index contributed by atoms with van der Waals surface area (Å²) in [6, 6.07) is 3.77. The number of benzene rings is 1. The van der Waals surface area contributed by atoms with Crippen LogP contribution in [0.5, 0.6) is 0 Å². The molecule has 0 atom stereocenters. The second-order valence-corrected chi connectivity index (χ2v) is 10.1. The number of nitrogens with zero attached hydrogens (tertiary/aromatic N) is 3. The summed E-state index contributed by atoms with van der Waals surface area (Å²) in [7, 11) is 0. The fourth-order valence-corrected chi connectivity index (χ4v) is 5.67. The first-order chi connectivity index (χ1) is 17.7. The van der Waals surface area contributed by atoms with Crippen molar-refractivity contribution in [1.29, 1.82) is 0 Å². The number of nitrogens with one attached hydrogen (secondary N) is 2. The third-order valence-electron chi connectivity index (χ3n) is 7.49. The molecule has 1 spiro atoms. The highest BCUT2D eigenvalue weighted by molar-refractivity contribution is 6.34. The molecule has 0 bridgehead atoms. The van der Waals surface area contributed by atoms with Gasteiger partial charge in [0.2, 0.25) is 5.91 Å². The first-order valence-corrected chi connectivity index (χ1v) is 12.4. The van der Waals surface area contributed by atoms with Gasteiger partial charge >= 0.3 is 6.61 Å². The van der Waals surface area contributed by atoms with E-state index < -0.39 is 35.8 Å². The molecule has 13 heteroatoms. The van der Waals surface area contributed by atoms with Gasteiger partial charge in [0, 0.05) is 25.7 Å². The number of anilines is 1. The topological polar surface area (TPSA) is 108 Å². The van der Waals surface area contributed by atoms with Crippen molar-refractivity contribution in [3.8, 4) is 0 Å². The highest BCUT2D eigenvalue weighted by Gasteiger charge is 2.49. The number of hydrogen-bond acceptors (Lipinski definition) is 5. The summed E-state index contributed by atoms with van der Waals surface area (Å²) in [6.45, 7) is -2.43. The van der Waals surface area contributed by atoms with Crippen LogP contribution in [0.3, 0.4) is 0 Å². The van der Waals surface area contributed by atoms with Crippen molar-refractivity contribution < 1.29 is 32.3 Å². The van der Waals surface area contributed by atoms with Crippen molar-refractivity contribution in [3.63, 3.8) is 0 Å². The van der Waals surface area contributed by atoms with Crippen LogP contribution in [0.15, 0.2) is 24.5 Å². The largest absolute Gasteiger partial charge is 0.348 e. The number of halogens is 4. The maximum Gasteiger partial charge on any atom is 0.345 e. The van der Waals surface area contributed by atoms with Crippen molar-refractivity contribution >= 4 is 35.0 Å². The van der Waals surface area contributed by atoms with Gasteiger partial charge in [-0.2, -0.15) is 8.78 Å². The number of aromatic amines is 1. The molecule has 3 heterocycles. The number of likely N-dealkylation sites (tertiary alicyclic amines) is 1. The molecule has 3 amide bonds. The molecule has 2 saturated heterocycles. The van der Waals surface area contributed by atoms with Crippen molar-refractivity contribution in [1.82, 2.24) is 20.2 Å². The molecular weight excluding hydrogens is 515 g/mol. The molecule has 37 heavy (non-hydrogen) atoms. The van der Waals surface area contributed by atoms with Crippen LogP contribution in [0.2, 0.25) is 5.02 Å². The Kier molecular flexibility index (Phi) is 6.88. The summed E-state index contributed by atoms with van der Waals surface area (Å²) >= 11 is 6.17. The van der Waals surface area contributed by atoms with Gasteiger partial charge in [0.1, 0.15) is 11.5 Å². The summed E-state index contributed by atoms with van der Waals surface area (Å²) in [4.78, 5) is 48.5. The fourth-order valence-electron chi connectivity index (χ4n) is 5.40. The van der Waals surface area contributed by atoms with Crippen LogP contribution in [0.1, 0.15) is 53.1 Å². The fraction of sp³-hybridized carbons (Fsp3) is 0.500. The number of imidazole rings is 1. The van der Waals surface area contributed by atoms with Gasteiger partial charge in [-0.15, -0.1) is 0 Å². The Morgan fingerprint density at radius 3 is 2.62 bits per heavy atom. The van der Waals surface area contributed by atoms with Gasteiger partial charge in [-0.05, 0) is 50.3 Å². The zero-order valence-electron chi connectivity index (χ0n) is 19.7. The monoisotopic (exact) mass is 539 g/mol. The number of hydrogen-bond donors (Lipinski definition) is 2. The van der Waals surface area contributed by atoms with Crippen LogP contribution < -0.4 is 10.2 Å². The molecule has 3 aliphatic rings. The predicted octanol–water partition coefficient (Wildman–Crippen LogP) is 3.36. The highest BCUT2D eigenvalue weighted by atomic mass is 35.5. The van der Waals surface area contributed by atoms with Gasteiger partial charge in [0.15, 0.2) is 5.69 Å². The van der Waals surface area contributed by atoms with E-state index in [1.54, 1.807) is 4.90 Å². The third-order valence-corrected chi connectivity index (χ3v) is 7.79. The average Bonchev–Trinajstić information content (AvgIpc) is 3.43. The molecule has 9 nitrogen and oxygen atoms in total. The number of aromatic nitrogens is 2. The normalized spacial score (nSPS) is 24.1. The first kappa shape index (κ1) is 25.5. The lowest BCUT2D eigenvalue weighted by molar-refractivity contribution is -0.189. The number of alkyl halides is 2.